The largest absolute Gasteiger partial charge is 0.409 e. The minimum Gasteiger partial charge on any atom is -0.409 e. The molecular formula is C26H25ClN6O. The normalized spacial score (nSPS) is 15.0. The zero-order valence-corrected chi connectivity index (χ0v) is 19.4. The van der Waals surface area contributed by atoms with Crippen molar-refractivity contribution in [3.8, 4) is 22.5 Å². The van der Waals surface area contributed by atoms with Crippen molar-refractivity contribution in [1.82, 2.24) is 25.1 Å². The number of aromatic amines is 1. The molecule has 0 spiro atoms. The van der Waals surface area contributed by atoms with Crippen LogP contribution in [-0.2, 0) is 6.42 Å². The van der Waals surface area contributed by atoms with Crippen molar-refractivity contribution in [1.29, 1.82) is 0 Å². The van der Waals surface area contributed by atoms with E-state index in [1.54, 1.807) is 12.5 Å². The van der Waals surface area contributed by atoms with Gasteiger partial charge in [0.25, 0.3) is 0 Å². The third kappa shape index (κ3) is 4.65. The molecule has 4 aromatic rings. The van der Waals surface area contributed by atoms with Gasteiger partial charge >= 0.3 is 0 Å². The maximum Gasteiger partial charge on any atom is 0.148 e. The first-order chi connectivity index (χ1) is 16.7. The first kappa shape index (κ1) is 22.1. The molecule has 34 heavy (non-hydrogen) atoms. The van der Waals surface area contributed by atoms with Crippen LogP contribution in [0.25, 0.3) is 22.5 Å². The average Bonchev–Trinajstić information content (AvgIpc) is 3.34. The smallest absolute Gasteiger partial charge is 0.148 e. The molecule has 0 saturated carbocycles. The number of piperidine rings is 1. The number of halogens is 1. The standard InChI is InChI=1S/C26H25ClN6O/c27-21-8-6-19(7-9-21)25-24(22-10-13-28-17-29-22)26(31-30-25)20-11-14-33(15-12-20)23(32-34)16-18-4-2-1-3-5-18/h1-10,13,17,20,34H,11-12,14-16H2,(H,30,31)/b32-23+. The molecule has 8 heteroatoms. The highest BCUT2D eigenvalue weighted by molar-refractivity contribution is 6.30. The summed E-state index contributed by atoms with van der Waals surface area (Å²) in [5, 5.41) is 22.0. The predicted molar refractivity (Wildman–Crippen MR) is 133 cm³/mol. The van der Waals surface area contributed by atoms with E-state index in [-0.39, 0.29) is 5.92 Å². The van der Waals surface area contributed by atoms with Crippen LogP contribution in [0.2, 0.25) is 5.02 Å². The summed E-state index contributed by atoms with van der Waals surface area (Å²) in [7, 11) is 0. The van der Waals surface area contributed by atoms with Crippen LogP contribution in [-0.4, -0.2) is 49.2 Å². The van der Waals surface area contributed by atoms with Gasteiger partial charge in [-0.05, 0) is 36.6 Å². The highest BCUT2D eigenvalue weighted by Crippen LogP contribution is 2.39. The molecule has 3 heterocycles. The number of oxime groups is 1. The molecule has 0 radical (unpaired) electrons. The lowest BCUT2D eigenvalue weighted by molar-refractivity contribution is 0.270. The monoisotopic (exact) mass is 472 g/mol. The molecule has 1 saturated heterocycles. The van der Waals surface area contributed by atoms with Crippen LogP contribution in [0.5, 0.6) is 0 Å². The highest BCUT2D eigenvalue weighted by Gasteiger charge is 2.29. The van der Waals surface area contributed by atoms with Crippen molar-refractivity contribution < 1.29 is 5.21 Å². The lowest BCUT2D eigenvalue weighted by Gasteiger charge is -2.33. The van der Waals surface area contributed by atoms with Gasteiger partial charge in [0, 0.05) is 53.5 Å². The molecule has 172 valence electrons. The number of nitrogens with zero attached hydrogens (tertiary/aromatic N) is 5. The molecule has 7 nitrogen and oxygen atoms in total. The Morgan fingerprint density at radius 2 is 1.82 bits per heavy atom. The number of nitrogens with one attached hydrogen (secondary N) is 1. The van der Waals surface area contributed by atoms with Crippen LogP contribution in [0.3, 0.4) is 0 Å². The molecule has 5 rings (SSSR count). The third-order valence-electron chi connectivity index (χ3n) is 6.34. The van der Waals surface area contributed by atoms with Crippen molar-refractivity contribution in [2.24, 2.45) is 5.16 Å². The molecule has 1 aliphatic rings. The summed E-state index contributed by atoms with van der Waals surface area (Å²) < 4.78 is 0. The van der Waals surface area contributed by atoms with Crippen LogP contribution in [0.15, 0.2) is 78.3 Å². The molecule has 0 amide bonds. The topological polar surface area (TPSA) is 90.3 Å². The van der Waals surface area contributed by atoms with Crippen LogP contribution in [0, 0.1) is 0 Å². The van der Waals surface area contributed by atoms with E-state index in [0.29, 0.717) is 17.3 Å². The van der Waals surface area contributed by atoms with Crippen LogP contribution < -0.4 is 0 Å². The second-order valence-electron chi connectivity index (χ2n) is 8.40. The molecule has 2 N–H and O–H groups in total. The molecule has 2 aromatic heterocycles. The van der Waals surface area contributed by atoms with E-state index in [0.717, 1.165) is 59.7 Å². The van der Waals surface area contributed by atoms with Gasteiger partial charge in [-0.1, -0.05) is 59.2 Å². The number of hydrogen-bond acceptors (Lipinski definition) is 5. The molecule has 0 unspecified atom stereocenters. The summed E-state index contributed by atoms with van der Waals surface area (Å²) >= 11 is 6.10. The summed E-state index contributed by atoms with van der Waals surface area (Å²) in [6.07, 6.45) is 5.75. The molecule has 2 aromatic carbocycles. The maximum atomic E-state index is 9.67. The van der Waals surface area contributed by atoms with Crippen molar-refractivity contribution in [2.75, 3.05) is 13.1 Å². The van der Waals surface area contributed by atoms with Gasteiger partial charge in [0.05, 0.1) is 5.69 Å². The van der Waals surface area contributed by atoms with E-state index in [1.165, 1.54) is 0 Å². The Morgan fingerprint density at radius 1 is 1.06 bits per heavy atom. The number of rotatable bonds is 5. The first-order valence-electron chi connectivity index (χ1n) is 11.3. The summed E-state index contributed by atoms with van der Waals surface area (Å²) in [5.74, 6) is 0.985. The number of likely N-dealkylation sites (tertiary alicyclic amines) is 1. The van der Waals surface area contributed by atoms with Crippen molar-refractivity contribution in [3.63, 3.8) is 0 Å². The number of amidine groups is 1. The molecule has 1 aliphatic heterocycles. The number of hydrogen-bond donors (Lipinski definition) is 2. The molecule has 0 atom stereocenters. The van der Waals surface area contributed by atoms with Crippen LogP contribution in [0.1, 0.15) is 30.0 Å². The summed E-state index contributed by atoms with van der Waals surface area (Å²) in [5.41, 5.74) is 5.89. The van der Waals surface area contributed by atoms with E-state index < -0.39 is 0 Å². The highest BCUT2D eigenvalue weighted by atomic mass is 35.5. The zero-order valence-electron chi connectivity index (χ0n) is 18.6. The van der Waals surface area contributed by atoms with Crippen LogP contribution >= 0.6 is 11.6 Å². The Balaban J connectivity index is 1.39. The maximum absolute atomic E-state index is 9.67. The Kier molecular flexibility index (Phi) is 6.53. The van der Waals surface area contributed by atoms with Gasteiger partial charge in [0.15, 0.2) is 0 Å². The summed E-state index contributed by atoms with van der Waals surface area (Å²) in [6, 6.07) is 19.7. The van der Waals surface area contributed by atoms with Gasteiger partial charge in [-0.3, -0.25) is 5.10 Å². The van der Waals surface area contributed by atoms with Gasteiger partial charge in [0.2, 0.25) is 0 Å². The third-order valence-corrected chi connectivity index (χ3v) is 6.59. The quantitative estimate of drug-likeness (QED) is 0.176. The minimum atomic E-state index is 0.284. The van der Waals surface area contributed by atoms with E-state index in [4.69, 9.17) is 11.6 Å². The number of benzene rings is 2. The second kappa shape index (κ2) is 10.1. The lowest BCUT2D eigenvalue weighted by atomic mass is 9.88. The number of H-pyrrole nitrogens is 1. The van der Waals surface area contributed by atoms with Gasteiger partial charge in [-0.25, -0.2) is 9.97 Å². The molecule has 0 aliphatic carbocycles. The summed E-state index contributed by atoms with van der Waals surface area (Å²) in [4.78, 5) is 10.8. The fourth-order valence-corrected chi connectivity index (χ4v) is 4.71. The van der Waals surface area contributed by atoms with Gasteiger partial charge < -0.3 is 10.1 Å². The Hall–Kier alpha value is -3.71. The van der Waals surface area contributed by atoms with Gasteiger partial charge in [0.1, 0.15) is 17.9 Å². The van der Waals surface area contributed by atoms with E-state index in [2.05, 4.69) is 42.4 Å². The Bertz CT molecular complexity index is 1250. The van der Waals surface area contributed by atoms with Crippen molar-refractivity contribution in [3.05, 3.63) is 89.5 Å². The number of aromatic nitrogens is 4. The van der Waals surface area contributed by atoms with Crippen LogP contribution in [0.4, 0.5) is 0 Å². The van der Waals surface area contributed by atoms with Gasteiger partial charge in [-0.2, -0.15) is 5.10 Å². The van der Waals surface area contributed by atoms with Crippen molar-refractivity contribution in [2.45, 2.75) is 25.2 Å². The van der Waals surface area contributed by atoms with Crippen molar-refractivity contribution >= 4 is 17.4 Å². The predicted octanol–water partition coefficient (Wildman–Crippen LogP) is 5.40. The molecule has 1 fully saturated rings. The Morgan fingerprint density at radius 3 is 2.50 bits per heavy atom. The fraction of sp³-hybridized carbons (Fsp3) is 0.231. The molecule has 0 bridgehead atoms. The zero-order chi connectivity index (χ0) is 23.3. The average molecular weight is 473 g/mol. The van der Waals surface area contributed by atoms with E-state index in [1.807, 2.05) is 48.5 Å². The fourth-order valence-electron chi connectivity index (χ4n) is 4.58. The van der Waals surface area contributed by atoms with Gasteiger partial charge in [-0.15, -0.1) is 0 Å². The summed E-state index contributed by atoms with van der Waals surface area (Å²) in [6.45, 7) is 1.60. The SMILES string of the molecule is O/N=C(\Cc1ccccc1)N1CCC(c2[nH]nc(-c3ccc(Cl)cc3)c2-c2ccncn2)CC1. The molecular weight excluding hydrogens is 448 g/mol. The Labute approximate surface area is 203 Å². The van der Waals surface area contributed by atoms with E-state index >= 15 is 0 Å². The first-order valence-corrected chi connectivity index (χ1v) is 11.7. The van der Waals surface area contributed by atoms with E-state index in [9.17, 15) is 5.21 Å². The minimum absolute atomic E-state index is 0.284. The second-order valence-corrected chi connectivity index (χ2v) is 8.84. The lowest BCUT2D eigenvalue weighted by Crippen LogP contribution is -2.39.